The Morgan fingerprint density at radius 2 is 1.84 bits per heavy atom. The number of nitrogens with zero attached hydrogens (tertiary/aromatic N) is 3. The van der Waals surface area contributed by atoms with Crippen LogP contribution in [0.2, 0.25) is 0 Å². The summed E-state index contributed by atoms with van der Waals surface area (Å²) in [7, 11) is 1.62. The Morgan fingerprint density at radius 1 is 1.00 bits per heavy atom. The van der Waals surface area contributed by atoms with Crippen molar-refractivity contribution >= 4 is 23.4 Å². The molecule has 190 valence electrons. The first-order chi connectivity index (χ1) is 18.2. The van der Waals surface area contributed by atoms with Gasteiger partial charge in [0.15, 0.2) is 22.5 Å². The fraction of sp³-hybridized carbons (Fsp3) is 0.222. The van der Waals surface area contributed by atoms with Gasteiger partial charge in [0.25, 0.3) is 0 Å². The van der Waals surface area contributed by atoms with Crippen molar-refractivity contribution in [3.8, 4) is 23.0 Å². The largest absolute Gasteiger partial charge is 0.497 e. The van der Waals surface area contributed by atoms with Crippen molar-refractivity contribution < 1.29 is 23.7 Å². The molecule has 9 nitrogen and oxygen atoms in total. The number of hydrogen-bond acceptors (Lipinski definition) is 8. The van der Waals surface area contributed by atoms with Crippen molar-refractivity contribution in [1.29, 1.82) is 0 Å². The fourth-order valence-corrected chi connectivity index (χ4v) is 4.57. The molecule has 1 amide bonds. The molecule has 1 aliphatic heterocycles. The number of hydrogen-bond donors (Lipinski definition) is 1. The highest BCUT2D eigenvalue weighted by Gasteiger charge is 2.17. The van der Waals surface area contributed by atoms with Crippen LogP contribution in [0.15, 0.2) is 78.0 Å². The second-order valence-electron chi connectivity index (χ2n) is 8.16. The molecule has 5 rings (SSSR count). The third kappa shape index (κ3) is 6.34. The average Bonchev–Trinajstić information content (AvgIpc) is 3.56. The van der Waals surface area contributed by atoms with Gasteiger partial charge >= 0.3 is 0 Å². The Labute approximate surface area is 218 Å². The van der Waals surface area contributed by atoms with Crippen LogP contribution in [0.25, 0.3) is 0 Å². The molecule has 1 aromatic heterocycles. The summed E-state index contributed by atoms with van der Waals surface area (Å²) in [6, 6.07) is 22.9. The molecule has 0 spiro atoms. The number of amides is 1. The Hall–Kier alpha value is -4.18. The lowest BCUT2D eigenvalue weighted by Crippen LogP contribution is -2.15. The first-order valence-electron chi connectivity index (χ1n) is 11.7. The van der Waals surface area contributed by atoms with Crippen LogP contribution in [0.5, 0.6) is 23.0 Å². The number of thioether (sulfide) groups is 1. The molecule has 1 N–H and O–H groups in total. The summed E-state index contributed by atoms with van der Waals surface area (Å²) in [5.74, 6) is 3.37. The number of aromatic nitrogens is 3. The number of fused-ring (bicyclic) bond motifs is 1. The van der Waals surface area contributed by atoms with E-state index in [0.717, 1.165) is 6.42 Å². The molecule has 4 aromatic rings. The van der Waals surface area contributed by atoms with E-state index in [0.29, 0.717) is 46.2 Å². The van der Waals surface area contributed by atoms with Crippen LogP contribution < -0.4 is 24.3 Å². The van der Waals surface area contributed by atoms with Gasteiger partial charge in [0, 0.05) is 24.4 Å². The van der Waals surface area contributed by atoms with Crippen molar-refractivity contribution in [2.75, 3.05) is 25.0 Å². The summed E-state index contributed by atoms with van der Waals surface area (Å²) in [6.45, 7) is 1.07. The summed E-state index contributed by atoms with van der Waals surface area (Å²) in [5.41, 5.74) is 1.85. The van der Waals surface area contributed by atoms with Gasteiger partial charge in [0.2, 0.25) is 12.7 Å². The molecule has 10 heteroatoms. The molecule has 0 saturated heterocycles. The fourth-order valence-electron chi connectivity index (χ4n) is 3.78. The van der Waals surface area contributed by atoms with Crippen molar-refractivity contribution in [2.45, 2.75) is 24.7 Å². The molecule has 0 bridgehead atoms. The SMILES string of the molecule is COc1cccc(OCc2nnc(SCC(=O)Nc3ccc4c(c3)OCO4)n2CCc2ccccc2)c1. The van der Waals surface area contributed by atoms with Crippen LogP contribution in [0.3, 0.4) is 0 Å². The predicted octanol–water partition coefficient (Wildman–Crippen LogP) is 4.57. The van der Waals surface area contributed by atoms with Crippen molar-refractivity contribution in [2.24, 2.45) is 0 Å². The van der Waals surface area contributed by atoms with Gasteiger partial charge in [-0.05, 0) is 36.2 Å². The number of rotatable bonds is 11. The Bertz CT molecular complexity index is 1360. The molecule has 0 unspecified atom stereocenters. The van der Waals surface area contributed by atoms with E-state index in [9.17, 15) is 4.79 Å². The van der Waals surface area contributed by atoms with Crippen LogP contribution in [0.1, 0.15) is 11.4 Å². The lowest BCUT2D eigenvalue weighted by atomic mass is 10.1. The topological polar surface area (TPSA) is 96.7 Å². The third-order valence-electron chi connectivity index (χ3n) is 5.66. The lowest BCUT2D eigenvalue weighted by Gasteiger charge is -2.12. The van der Waals surface area contributed by atoms with Gasteiger partial charge in [0.1, 0.15) is 18.1 Å². The van der Waals surface area contributed by atoms with Crippen LogP contribution in [0, 0.1) is 0 Å². The lowest BCUT2D eigenvalue weighted by molar-refractivity contribution is -0.113. The minimum Gasteiger partial charge on any atom is -0.497 e. The van der Waals surface area contributed by atoms with E-state index >= 15 is 0 Å². The maximum absolute atomic E-state index is 12.7. The van der Waals surface area contributed by atoms with Gasteiger partial charge in [-0.1, -0.05) is 48.2 Å². The van der Waals surface area contributed by atoms with Gasteiger partial charge in [-0.15, -0.1) is 10.2 Å². The number of carbonyl (C=O) groups excluding carboxylic acids is 1. The highest BCUT2D eigenvalue weighted by molar-refractivity contribution is 7.99. The number of benzene rings is 3. The second kappa shape index (κ2) is 11.7. The summed E-state index contributed by atoms with van der Waals surface area (Å²) < 4.78 is 23.9. The third-order valence-corrected chi connectivity index (χ3v) is 6.62. The summed E-state index contributed by atoms with van der Waals surface area (Å²) >= 11 is 1.33. The highest BCUT2D eigenvalue weighted by Crippen LogP contribution is 2.34. The number of aryl methyl sites for hydroxylation is 1. The summed E-state index contributed by atoms with van der Waals surface area (Å²) in [4.78, 5) is 12.7. The smallest absolute Gasteiger partial charge is 0.234 e. The monoisotopic (exact) mass is 518 g/mol. The predicted molar refractivity (Wildman–Crippen MR) is 139 cm³/mol. The first kappa shape index (κ1) is 24.5. The van der Waals surface area contributed by atoms with Crippen LogP contribution in [-0.2, 0) is 24.4 Å². The first-order valence-corrected chi connectivity index (χ1v) is 12.7. The van der Waals surface area contributed by atoms with Crippen molar-refractivity contribution in [1.82, 2.24) is 14.8 Å². The molecule has 2 heterocycles. The molecule has 0 atom stereocenters. The van der Waals surface area contributed by atoms with Crippen LogP contribution in [0.4, 0.5) is 5.69 Å². The van der Waals surface area contributed by atoms with Gasteiger partial charge in [-0.2, -0.15) is 0 Å². The van der Waals surface area contributed by atoms with E-state index in [1.54, 1.807) is 25.3 Å². The Balaban J connectivity index is 1.25. The van der Waals surface area contributed by atoms with Gasteiger partial charge in [0.05, 0.1) is 12.9 Å². The normalized spacial score (nSPS) is 11.8. The summed E-state index contributed by atoms with van der Waals surface area (Å²) in [6.07, 6.45) is 0.794. The number of anilines is 1. The van der Waals surface area contributed by atoms with Gasteiger partial charge < -0.3 is 28.8 Å². The van der Waals surface area contributed by atoms with Crippen molar-refractivity contribution in [3.63, 3.8) is 0 Å². The molecule has 3 aromatic carbocycles. The van der Waals surface area contributed by atoms with E-state index in [1.165, 1.54) is 17.3 Å². The minimum absolute atomic E-state index is 0.157. The zero-order valence-corrected chi connectivity index (χ0v) is 21.1. The molecule has 0 radical (unpaired) electrons. The van der Waals surface area contributed by atoms with E-state index in [4.69, 9.17) is 18.9 Å². The second-order valence-corrected chi connectivity index (χ2v) is 9.10. The maximum Gasteiger partial charge on any atom is 0.234 e. The van der Waals surface area contributed by atoms with E-state index in [2.05, 4.69) is 27.6 Å². The molecule has 0 aliphatic carbocycles. The van der Waals surface area contributed by atoms with Gasteiger partial charge in [-0.3, -0.25) is 4.79 Å². The van der Waals surface area contributed by atoms with Gasteiger partial charge in [-0.25, -0.2) is 0 Å². The minimum atomic E-state index is -0.157. The van der Waals surface area contributed by atoms with Crippen molar-refractivity contribution in [3.05, 3.63) is 84.2 Å². The zero-order chi connectivity index (χ0) is 25.5. The molecular weight excluding hydrogens is 492 g/mol. The molecular formula is C27H26N4O5S. The van der Waals surface area contributed by atoms with E-state index in [1.807, 2.05) is 47.0 Å². The quantitative estimate of drug-likeness (QED) is 0.289. The number of ether oxygens (including phenoxy) is 4. The highest BCUT2D eigenvalue weighted by atomic mass is 32.2. The summed E-state index contributed by atoms with van der Waals surface area (Å²) in [5, 5.41) is 12.3. The Morgan fingerprint density at radius 3 is 2.70 bits per heavy atom. The van der Waals surface area contributed by atoms with E-state index in [-0.39, 0.29) is 25.1 Å². The van der Waals surface area contributed by atoms with Crippen LogP contribution >= 0.6 is 11.8 Å². The van der Waals surface area contributed by atoms with E-state index < -0.39 is 0 Å². The number of carbonyl (C=O) groups is 1. The maximum atomic E-state index is 12.7. The standard InChI is InChI=1S/C27H26N4O5S/c1-33-21-8-5-9-22(15-21)34-16-25-29-30-27(31(25)13-12-19-6-3-2-4-7-19)37-17-26(32)28-20-10-11-23-24(14-20)36-18-35-23/h2-11,14-15H,12-13,16-18H2,1H3,(H,28,32). The Kier molecular flexibility index (Phi) is 7.75. The number of nitrogens with one attached hydrogen (secondary N) is 1. The molecule has 1 aliphatic rings. The molecule has 0 saturated carbocycles. The van der Waals surface area contributed by atoms with Crippen LogP contribution in [-0.4, -0.2) is 40.3 Å². The number of methoxy groups -OCH3 is 1. The zero-order valence-electron chi connectivity index (χ0n) is 20.3. The molecule has 0 fully saturated rings. The molecule has 37 heavy (non-hydrogen) atoms. The average molecular weight is 519 g/mol.